The van der Waals surface area contributed by atoms with Crippen molar-refractivity contribution in [1.29, 1.82) is 0 Å². The molecule has 0 atom stereocenters. The normalized spacial score (nSPS) is 10.6. The highest BCUT2D eigenvalue weighted by atomic mass is 14.9. The van der Waals surface area contributed by atoms with Gasteiger partial charge in [-0.2, -0.15) is 0 Å². The summed E-state index contributed by atoms with van der Waals surface area (Å²) in [6, 6.07) is 8.55. The van der Waals surface area contributed by atoms with Crippen molar-refractivity contribution in [1.82, 2.24) is 9.97 Å². The molecule has 0 N–H and O–H groups in total. The van der Waals surface area contributed by atoms with Gasteiger partial charge in [0.25, 0.3) is 0 Å². The number of rotatable bonds is 7. The number of benzene rings is 1. The molecule has 0 aliphatic rings. The molecule has 1 aromatic heterocycles. The van der Waals surface area contributed by atoms with Crippen LogP contribution in [-0.4, -0.2) is 9.97 Å². The van der Waals surface area contributed by atoms with E-state index in [1.165, 1.54) is 22.4 Å². The number of hydrogen-bond acceptors (Lipinski definition) is 2. The first-order valence-corrected chi connectivity index (χ1v) is 7.73. The van der Waals surface area contributed by atoms with E-state index >= 15 is 0 Å². The van der Waals surface area contributed by atoms with Crippen LogP contribution in [0.4, 0.5) is 0 Å². The molecule has 2 nitrogen and oxygen atoms in total. The van der Waals surface area contributed by atoms with Gasteiger partial charge in [0, 0.05) is 18.3 Å². The average molecular weight is 280 g/mol. The molecule has 2 heteroatoms. The number of aromatic nitrogens is 2. The van der Waals surface area contributed by atoms with Crippen molar-refractivity contribution in [3.05, 3.63) is 71.3 Å². The van der Waals surface area contributed by atoms with E-state index < -0.39 is 0 Å². The second-order valence-corrected chi connectivity index (χ2v) is 5.50. The third kappa shape index (κ3) is 4.52. The Kier molecular flexibility index (Phi) is 5.68. The molecule has 1 heterocycles. The summed E-state index contributed by atoms with van der Waals surface area (Å²) in [5.41, 5.74) is 5.03. The van der Waals surface area contributed by atoms with Gasteiger partial charge in [-0.25, -0.2) is 9.97 Å². The van der Waals surface area contributed by atoms with Crippen molar-refractivity contribution in [3.63, 3.8) is 0 Å². The van der Waals surface area contributed by atoms with Crippen LogP contribution in [0.5, 0.6) is 0 Å². The molecule has 0 saturated heterocycles. The standard InChI is InChI=1S/C19H24N2/c1-4-6-11-17-14-20-19(21-18(17)8-5-2)13-16-10-7-9-15(3)12-16/h4,7,9-10,12,14H,1,5-6,8,11,13H2,2-3H3. The quantitative estimate of drug-likeness (QED) is 0.700. The van der Waals surface area contributed by atoms with E-state index in [-0.39, 0.29) is 0 Å². The molecule has 2 rings (SSSR count). The van der Waals surface area contributed by atoms with Crippen LogP contribution in [-0.2, 0) is 19.3 Å². The van der Waals surface area contributed by atoms with Crippen molar-refractivity contribution in [2.75, 3.05) is 0 Å². The van der Waals surface area contributed by atoms with E-state index in [1.54, 1.807) is 0 Å². The van der Waals surface area contributed by atoms with Crippen LogP contribution in [0.15, 0.2) is 43.1 Å². The number of aryl methyl sites for hydroxylation is 3. The molecule has 110 valence electrons. The third-order valence-corrected chi connectivity index (χ3v) is 3.55. The van der Waals surface area contributed by atoms with Gasteiger partial charge < -0.3 is 0 Å². The van der Waals surface area contributed by atoms with Crippen LogP contribution < -0.4 is 0 Å². The number of nitrogens with zero attached hydrogens (tertiary/aromatic N) is 2. The molecular weight excluding hydrogens is 256 g/mol. The summed E-state index contributed by atoms with van der Waals surface area (Å²) in [5, 5.41) is 0. The summed E-state index contributed by atoms with van der Waals surface area (Å²) in [6.45, 7) is 8.10. The molecule has 21 heavy (non-hydrogen) atoms. The largest absolute Gasteiger partial charge is 0.241 e. The monoisotopic (exact) mass is 280 g/mol. The summed E-state index contributed by atoms with van der Waals surface area (Å²) in [7, 11) is 0. The Hall–Kier alpha value is -1.96. The first kappa shape index (κ1) is 15.4. The Morgan fingerprint density at radius 2 is 2.10 bits per heavy atom. The van der Waals surface area contributed by atoms with Gasteiger partial charge >= 0.3 is 0 Å². The highest BCUT2D eigenvalue weighted by molar-refractivity contribution is 5.26. The lowest BCUT2D eigenvalue weighted by Gasteiger charge is -2.09. The summed E-state index contributed by atoms with van der Waals surface area (Å²) < 4.78 is 0. The molecule has 1 aromatic carbocycles. The van der Waals surface area contributed by atoms with Gasteiger partial charge in [-0.05, 0) is 37.3 Å². The van der Waals surface area contributed by atoms with Crippen LogP contribution in [0.1, 0.15) is 48.0 Å². The second-order valence-electron chi connectivity index (χ2n) is 5.50. The van der Waals surface area contributed by atoms with E-state index in [0.29, 0.717) is 0 Å². The first-order valence-electron chi connectivity index (χ1n) is 7.73. The van der Waals surface area contributed by atoms with E-state index in [9.17, 15) is 0 Å². The van der Waals surface area contributed by atoms with Gasteiger partial charge in [0.15, 0.2) is 0 Å². The maximum Gasteiger partial charge on any atom is 0.132 e. The Morgan fingerprint density at radius 1 is 1.24 bits per heavy atom. The lowest BCUT2D eigenvalue weighted by Crippen LogP contribution is -2.05. The Labute approximate surface area is 128 Å². The highest BCUT2D eigenvalue weighted by Gasteiger charge is 2.07. The van der Waals surface area contributed by atoms with E-state index in [2.05, 4.69) is 49.7 Å². The molecule has 0 spiro atoms. The molecule has 0 radical (unpaired) electrons. The molecule has 0 saturated carbocycles. The van der Waals surface area contributed by atoms with E-state index in [1.807, 2.05) is 12.3 Å². The van der Waals surface area contributed by atoms with Crippen LogP contribution in [0.2, 0.25) is 0 Å². The SMILES string of the molecule is C=CCCc1cnc(Cc2cccc(C)c2)nc1CCC. The minimum Gasteiger partial charge on any atom is -0.241 e. The maximum absolute atomic E-state index is 4.79. The Bertz CT molecular complexity index is 602. The van der Waals surface area contributed by atoms with E-state index in [4.69, 9.17) is 4.98 Å². The van der Waals surface area contributed by atoms with Crippen molar-refractivity contribution < 1.29 is 0 Å². The minimum absolute atomic E-state index is 0.806. The molecular formula is C19H24N2. The first-order chi connectivity index (χ1) is 10.2. The van der Waals surface area contributed by atoms with E-state index in [0.717, 1.165) is 37.9 Å². The van der Waals surface area contributed by atoms with Gasteiger partial charge in [0.1, 0.15) is 5.82 Å². The maximum atomic E-state index is 4.79. The second kappa shape index (κ2) is 7.72. The minimum atomic E-state index is 0.806. The fourth-order valence-electron chi connectivity index (χ4n) is 2.49. The van der Waals surface area contributed by atoms with Crippen LogP contribution in [0.3, 0.4) is 0 Å². The van der Waals surface area contributed by atoms with Crippen LogP contribution in [0, 0.1) is 6.92 Å². The molecule has 2 aromatic rings. The molecule has 0 aliphatic carbocycles. The highest BCUT2D eigenvalue weighted by Crippen LogP contribution is 2.14. The predicted molar refractivity (Wildman–Crippen MR) is 88.5 cm³/mol. The molecule has 0 fully saturated rings. The zero-order valence-corrected chi connectivity index (χ0v) is 13.1. The number of hydrogen-bond donors (Lipinski definition) is 0. The number of allylic oxidation sites excluding steroid dienone is 1. The van der Waals surface area contributed by atoms with Gasteiger partial charge in [-0.1, -0.05) is 49.2 Å². The predicted octanol–water partition coefficient (Wildman–Crippen LogP) is 4.45. The Morgan fingerprint density at radius 3 is 2.81 bits per heavy atom. The van der Waals surface area contributed by atoms with Crippen LogP contribution in [0.25, 0.3) is 0 Å². The fourth-order valence-corrected chi connectivity index (χ4v) is 2.49. The zero-order valence-electron chi connectivity index (χ0n) is 13.1. The van der Waals surface area contributed by atoms with Gasteiger partial charge in [0.2, 0.25) is 0 Å². The molecule has 0 bridgehead atoms. The lowest BCUT2D eigenvalue weighted by molar-refractivity contribution is 0.803. The van der Waals surface area contributed by atoms with Gasteiger partial charge in [-0.3, -0.25) is 0 Å². The van der Waals surface area contributed by atoms with Crippen molar-refractivity contribution in [2.45, 2.75) is 46.0 Å². The fraction of sp³-hybridized carbons (Fsp3) is 0.368. The summed E-state index contributed by atoms with van der Waals surface area (Å²) >= 11 is 0. The lowest BCUT2D eigenvalue weighted by atomic mass is 10.1. The summed E-state index contributed by atoms with van der Waals surface area (Å²) in [5.74, 6) is 0.923. The molecule has 0 unspecified atom stereocenters. The van der Waals surface area contributed by atoms with Crippen LogP contribution >= 0.6 is 0 Å². The zero-order chi connectivity index (χ0) is 15.1. The Balaban J connectivity index is 2.20. The summed E-state index contributed by atoms with van der Waals surface area (Å²) in [4.78, 5) is 9.35. The molecule has 0 aliphatic heterocycles. The van der Waals surface area contributed by atoms with Crippen molar-refractivity contribution >= 4 is 0 Å². The van der Waals surface area contributed by atoms with Gasteiger partial charge in [-0.15, -0.1) is 6.58 Å². The van der Waals surface area contributed by atoms with Gasteiger partial charge in [0.05, 0.1) is 0 Å². The average Bonchev–Trinajstić information content (AvgIpc) is 2.47. The third-order valence-electron chi connectivity index (χ3n) is 3.55. The molecule has 0 amide bonds. The summed E-state index contributed by atoms with van der Waals surface area (Å²) in [6.07, 6.45) is 8.88. The van der Waals surface area contributed by atoms with Crippen molar-refractivity contribution in [3.8, 4) is 0 Å². The smallest absolute Gasteiger partial charge is 0.132 e. The van der Waals surface area contributed by atoms with Crippen molar-refractivity contribution in [2.24, 2.45) is 0 Å². The topological polar surface area (TPSA) is 25.8 Å².